The molecule has 3 N–H and O–H groups in total. The van der Waals surface area contributed by atoms with Gasteiger partial charge in [0.2, 0.25) is 5.91 Å². The lowest BCUT2D eigenvalue weighted by Crippen LogP contribution is -2.46. The number of aliphatic hydroxyl groups is 2. The van der Waals surface area contributed by atoms with Crippen molar-refractivity contribution < 1.29 is 24.5 Å². The second-order valence-corrected chi connectivity index (χ2v) is 16.1. The fraction of sp³-hybridized carbons (Fsp3) is 0.731. The smallest absolute Gasteiger partial charge is 0.306 e. The normalized spacial score (nSPS) is 13.9. The maximum absolute atomic E-state index is 13.1. The topological polar surface area (TPSA) is 95.9 Å². The van der Waals surface area contributed by atoms with Crippen molar-refractivity contribution in [2.75, 3.05) is 6.61 Å². The summed E-state index contributed by atoms with van der Waals surface area (Å²) in [5.41, 5.74) is 0. The molecule has 0 aliphatic heterocycles. The predicted molar refractivity (Wildman–Crippen MR) is 250 cm³/mol. The Morgan fingerprint density at radius 1 is 0.517 bits per heavy atom. The minimum Gasteiger partial charge on any atom is -0.462 e. The molecule has 0 aromatic carbocycles. The molecule has 0 aromatic heterocycles. The lowest BCUT2D eigenvalue weighted by atomic mass is 10.0. The molecule has 6 heteroatoms. The first-order valence-electron chi connectivity index (χ1n) is 24.2. The van der Waals surface area contributed by atoms with E-state index in [4.69, 9.17) is 4.74 Å². The molecule has 0 bridgehead atoms. The molecular weight excluding hydrogens is 719 g/mol. The zero-order chi connectivity index (χ0) is 42.4. The summed E-state index contributed by atoms with van der Waals surface area (Å²) in [5.74, 6) is -0.547. The number of carbonyl (C=O) groups is 2. The van der Waals surface area contributed by atoms with Gasteiger partial charge in [0, 0.05) is 6.42 Å². The van der Waals surface area contributed by atoms with Gasteiger partial charge in [0.15, 0.2) is 0 Å². The van der Waals surface area contributed by atoms with Crippen molar-refractivity contribution in [3.63, 3.8) is 0 Å². The SMILES string of the molecule is CC/C=C\C/C=C\C/C=C\C/C=C\C/C=C\CCCC(CC(=O)NC(CO)C(O)CCCCCCCCCCCCCC)OC(=O)CCCCCCC/C=C\CCC. The molecule has 1 amide bonds. The zero-order valence-electron chi connectivity index (χ0n) is 37.9. The molecule has 0 fully saturated rings. The predicted octanol–water partition coefficient (Wildman–Crippen LogP) is 14.2. The van der Waals surface area contributed by atoms with Crippen LogP contribution in [0.15, 0.2) is 72.9 Å². The van der Waals surface area contributed by atoms with Crippen LogP contribution < -0.4 is 5.32 Å². The van der Waals surface area contributed by atoms with Gasteiger partial charge in [-0.1, -0.05) is 196 Å². The summed E-state index contributed by atoms with van der Waals surface area (Å²) >= 11 is 0. The average molecular weight is 810 g/mol. The summed E-state index contributed by atoms with van der Waals surface area (Å²) < 4.78 is 5.87. The number of unbranched alkanes of at least 4 members (excludes halogenated alkanes) is 18. The molecule has 3 atom stereocenters. The zero-order valence-corrected chi connectivity index (χ0v) is 37.9. The summed E-state index contributed by atoms with van der Waals surface area (Å²) in [6, 6.07) is -0.722. The van der Waals surface area contributed by atoms with Gasteiger partial charge in [0.25, 0.3) is 0 Å². The standard InChI is InChI=1S/C52H91NO5/c1-4-7-10-13-16-19-22-24-25-26-27-28-29-31-34-37-40-43-48(58-52(57)45-42-39-36-33-21-18-15-12-9-6-3)46-51(56)53-49(47-54)50(55)44-41-38-35-32-30-23-20-17-14-11-8-5-2/h7,10,12,15-16,19,24-25,27-28,31,34,48-50,54-55H,4-6,8-9,11,13-14,17-18,20-23,26,29-30,32-33,35-47H2,1-3H3,(H,53,56)/b10-7-,15-12-,19-16-,25-24-,28-27-,34-31-. The number of nitrogens with one attached hydrogen (secondary N) is 1. The number of esters is 1. The number of allylic oxidation sites excluding steroid dienone is 12. The molecule has 0 rings (SSSR count). The Labute approximate surface area is 358 Å². The van der Waals surface area contributed by atoms with Crippen molar-refractivity contribution in [1.82, 2.24) is 5.32 Å². The monoisotopic (exact) mass is 810 g/mol. The summed E-state index contributed by atoms with van der Waals surface area (Å²) in [7, 11) is 0. The quantitative estimate of drug-likeness (QED) is 0.0324. The van der Waals surface area contributed by atoms with Crippen LogP contribution in [0, 0.1) is 0 Å². The Balaban J connectivity index is 4.71. The third-order valence-corrected chi connectivity index (χ3v) is 10.5. The highest BCUT2D eigenvalue weighted by molar-refractivity contribution is 5.77. The summed E-state index contributed by atoms with van der Waals surface area (Å²) in [5, 5.41) is 23.7. The number of aliphatic hydroxyl groups excluding tert-OH is 2. The van der Waals surface area contributed by atoms with Gasteiger partial charge in [0.1, 0.15) is 6.10 Å². The molecule has 0 heterocycles. The van der Waals surface area contributed by atoms with Crippen LogP contribution in [0.5, 0.6) is 0 Å². The van der Waals surface area contributed by atoms with Crippen LogP contribution in [0.3, 0.4) is 0 Å². The van der Waals surface area contributed by atoms with Crippen molar-refractivity contribution in [2.24, 2.45) is 0 Å². The van der Waals surface area contributed by atoms with Crippen LogP contribution >= 0.6 is 0 Å². The molecule has 0 saturated carbocycles. The van der Waals surface area contributed by atoms with Crippen molar-refractivity contribution in [3.8, 4) is 0 Å². The van der Waals surface area contributed by atoms with E-state index in [0.29, 0.717) is 19.3 Å². The van der Waals surface area contributed by atoms with E-state index >= 15 is 0 Å². The van der Waals surface area contributed by atoms with E-state index in [2.05, 4.69) is 99.0 Å². The first-order valence-corrected chi connectivity index (χ1v) is 24.2. The van der Waals surface area contributed by atoms with E-state index in [1.165, 1.54) is 77.0 Å². The average Bonchev–Trinajstić information content (AvgIpc) is 3.22. The number of rotatable bonds is 42. The molecule has 6 nitrogen and oxygen atoms in total. The highest BCUT2D eigenvalue weighted by Crippen LogP contribution is 2.16. The van der Waals surface area contributed by atoms with E-state index in [1.807, 2.05) is 0 Å². The van der Waals surface area contributed by atoms with Gasteiger partial charge in [-0.3, -0.25) is 9.59 Å². The first-order chi connectivity index (χ1) is 28.5. The summed E-state index contributed by atoms with van der Waals surface area (Å²) in [6.45, 7) is 6.27. The van der Waals surface area contributed by atoms with E-state index in [-0.39, 0.29) is 24.9 Å². The number of carbonyl (C=O) groups excluding carboxylic acids is 2. The minimum absolute atomic E-state index is 0.0325. The Kier molecular flexibility index (Phi) is 43.3. The Hall–Kier alpha value is -2.70. The maximum Gasteiger partial charge on any atom is 0.306 e. The van der Waals surface area contributed by atoms with Crippen molar-refractivity contribution in [3.05, 3.63) is 72.9 Å². The molecule has 334 valence electrons. The molecule has 0 radical (unpaired) electrons. The summed E-state index contributed by atoms with van der Waals surface area (Å²) in [4.78, 5) is 26.0. The van der Waals surface area contributed by atoms with E-state index in [9.17, 15) is 19.8 Å². The van der Waals surface area contributed by atoms with Gasteiger partial charge in [-0.25, -0.2) is 0 Å². The van der Waals surface area contributed by atoms with E-state index in [0.717, 1.165) is 96.3 Å². The van der Waals surface area contributed by atoms with Crippen LogP contribution in [-0.4, -0.2) is 46.9 Å². The highest BCUT2D eigenvalue weighted by atomic mass is 16.5. The second-order valence-electron chi connectivity index (χ2n) is 16.1. The Bertz CT molecular complexity index is 1090. The van der Waals surface area contributed by atoms with Gasteiger partial charge in [-0.15, -0.1) is 0 Å². The third kappa shape index (κ3) is 40.1. The molecule has 0 saturated heterocycles. The van der Waals surface area contributed by atoms with Gasteiger partial charge in [-0.05, 0) is 83.5 Å². The molecule has 0 aliphatic rings. The molecule has 0 spiro atoms. The van der Waals surface area contributed by atoms with E-state index in [1.54, 1.807) is 0 Å². The lowest BCUT2D eigenvalue weighted by molar-refractivity contribution is -0.151. The second kappa shape index (κ2) is 45.4. The van der Waals surface area contributed by atoms with Crippen LogP contribution in [0.4, 0.5) is 0 Å². The first kappa shape index (κ1) is 55.3. The van der Waals surface area contributed by atoms with Crippen LogP contribution in [0.2, 0.25) is 0 Å². The van der Waals surface area contributed by atoms with Crippen LogP contribution in [0.25, 0.3) is 0 Å². The maximum atomic E-state index is 13.1. The van der Waals surface area contributed by atoms with Crippen molar-refractivity contribution in [2.45, 2.75) is 238 Å². The van der Waals surface area contributed by atoms with Crippen molar-refractivity contribution in [1.29, 1.82) is 0 Å². The van der Waals surface area contributed by atoms with E-state index < -0.39 is 18.2 Å². The molecule has 58 heavy (non-hydrogen) atoms. The largest absolute Gasteiger partial charge is 0.462 e. The van der Waals surface area contributed by atoms with Gasteiger partial charge < -0.3 is 20.3 Å². The molecule has 0 aromatic rings. The number of hydrogen-bond donors (Lipinski definition) is 3. The van der Waals surface area contributed by atoms with Crippen LogP contribution in [-0.2, 0) is 14.3 Å². The molecular formula is C52H91NO5. The minimum atomic E-state index is -0.805. The van der Waals surface area contributed by atoms with Gasteiger partial charge in [0.05, 0.1) is 25.2 Å². The third-order valence-electron chi connectivity index (χ3n) is 10.5. The lowest BCUT2D eigenvalue weighted by Gasteiger charge is -2.24. The molecule has 0 aliphatic carbocycles. The van der Waals surface area contributed by atoms with Crippen LogP contribution in [0.1, 0.15) is 220 Å². The Morgan fingerprint density at radius 3 is 1.53 bits per heavy atom. The number of ether oxygens (including phenoxy) is 1. The number of amides is 1. The fourth-order valence-corrected chi connectivity index (χ4v) is 6.88. The molecule has 3 unspecified atom stereocenters. The number of hydrogen-bond acceptors (Lipinski definition) is 5. The highest BCUT2D eigenvalue weighted by Gasteiger charge is 2.24. The fourth-order valence-electron chi connectivity index (χ4n) is 6.88. The Morgan fingerprint density at radius 2 is 0.983 bits per heavy atom. The van der Waals surface area contributed by atoms with Crippen molar-refractivity contribution >= 4 is 11.9 Å². The van der Waals surface area contributed by atoms with Gasteiger partial charge >= 0.3 is 5.97 Å². The summed E-state index contributed by atoms with van der Waals surface area (Å²) in [6.07, 6.45) is 56.8. The van der Waals surface area contributed by atoms with Gasteiger partial charge in [-0.2, -0.15) is 0 Å².